The van der Waals surface area contributed by atoms with Gasteiger partial charge in [-0.2, -0.15) is 0 Å². The van der Waals surface area contributed by atoms with Gasteiger partial charge in [0.05, 0.1) is 11.4 Å². The molecule has 1 aliphatic rings. The van der Waals surface area contributed by atoms with Gasteiger partial charge in [-0.1, -0.05) is 42.0 Å². The summed E-state index contributed by atoms with van der Waals surface area (Å²) in [6, 6.07) is 22.3. The molecule has 0 bridgehead atoms. The summed E-state index contributed by atoms with van der Waals surface area (Å²) in [7, 11) is 0. The van der Waals surface area contributed by atoms with E-state index >= 15 is 0 Å². The number of hydrogen-bond donors (Lipinski definition) is 2. The van der Waals surface area contributed by atoms with Gasteiger partial charge in [0.2, 0.25) is 0 Å². The Morgan fingerprint density at radius 1 is 0.960 bits per heavy atom. The fraction of sp³-hybridized carbons (Fsp3) is 0.0952. The summed E-state index contributed by atoms with van der Waals surface area (Å²) in [6.45, 7) is 2.00. The molecule has 1 atom stereocenters. The first-order chi connectivity index (χ1) is 12.1. The quantitative estimate of drug-likeness (QED) is 0.729. The number of amides is 1. The van der Waals surface area contributed by atoms with Gasteiger partial charge in [0.15, 0.2) is 0 Å². The molecule has 0 fully saturated rings. The predicted molar refractivity (Wildman–Crippen MR) is 98.9 cm³/mol. The van der Waals surface area contributed by atoms with Crippen molar-refractivity contribution in [3.05, 3.63) is 89.5 Å². The highest BCUT2D eigenvalue weighted by Gasteiger charge is 2.34. The van der Waals surface area contributed by atoms with Gasteiger partial charge in [-0.15, -0.1) is 0 Å². The summed E-state index contributed by atoms with van der Waals surface area (Å²) in [5, 5.41) is 13.0. The van der Waals surface area contributed by atoms with Crippen LogP contribution in [0.25, 0.3) is 0 Å². The molecule has 3 aromatic rings. The number of hydrogen-bond acceptors (Lipinski definition) is 3. The summed E-state index contributed by atoms with van der Waals surface area (Å²) in [5.74, 6) is 0.145. The van der Waals surface area contributed by atoms with Crippen LogP contribution in [0.5, 0.6) is 5.75 Å². The van der Waals surface area contributed by atoms with E-state index in [0.29, 0.717) is 5.56 Å². The lowest BCUT2D eigenvalue weighted by Gasteiger charge is -2.25. The number of phenols is 1. The molecule has 124 valence electrons. The number of carbonyl (C=O) groups is 1. The van der Waals surface area contributed by atoms with E-state index in [1.54, 1.807) is 17.0 Å². The number of aryl methyl sites for hydroxylation is 1. The lowest BCUT2D eigenvalue weighted by Crippen LogP contribution is -2.34. The highest BCUT2D eigenvalue weighted by molar-refractivity contribution is 6.10. The second-order valence-electron chi connectivity index (χ2n) is 6.20. The third-order valence-corrected chi connectivity index (χ3v) is 4.44. The Labute approximate surface area is 146 Å². The zero-order valence-electron chi connectivity index (χ0n) is 13.8. The highest BCUT2D eigenvalue weighted by atomic mass is 16.3. The molecule has 4 heteroatoms. The molecule has 0 saturated carbocycles. The van der Waals surface area contributed by atoms with E-state index in [1.165, 1.54) is 0 Å². The van der Waals surface area contributed by atoms with Gasteiger partial charge >= 0.3 is 0 Å². The summed E-state index contributed by atoms with van der Waals surface area (Å²) in [5.41, 5.74) is 4.45. The number of anilines is 2. The average molecular weight is 330 g/mol. The van der Waals surface area contributed by atoms with Crippen LogP contribution in [0.4, 0.5) is 11.4 Å². The Hall–Kier alpha value is -3.27. The number of nitrogens with one attached hydrogen (secondary N) is 1. The maximum absolute atomic E-state index is 13.2. The molecule has 3 aromatic carbocycles. The molecule has 4 rings (SSSR count). The van der Waals surface area contributed by atoms with Crippen molar-refractivity contribution in [3.63, 3.8) is 0 Å². The number of aromatic hydroxyl groups is 1. The number of benzene rings is 3. The fourth-order valence-corrected chi connectivity index (χ4v) is 3.11. The normalized spacial score (nSPS) is 15.6. The topological polar surface area (TPSA) is 52.6 Å². The van der Waals surface area contributed by atoms with Crippen LogP contribution in [-0.4, -0.2) is 11.0 Å². The first-order valence-electron chi connectivity index (χ1n) is 8.18. The number of carbonyl (C=O) groups excluding carboxylic acids is 1. The summed E-state index contributed by atoms with van der Waals surface area (Å²) in [4.78, 5) is 15.0. The summed E-state index contributed by atoms with van der Waals surface area (Å²) >= 11 is 0. The van der Waals surface area contributed by atoms with Crippen LogP contribution >= 0.6 is 0 Å². The van der Waals surface area contributed by atoms with Gasteiger partial charge in [-0.05, 0) is 48.9 Å². The Morgan fingerprint density at radius 2 is 1.64 bits per heavy atom. The predicted octanol–water partition coefficient (Wildman–Crippen LogP) is 4.47. The molecular weight excluding hydrogens is 312 g/mol. The van der Waals surface area contributed by atoms with Gasteiger partial charge in [-0.25, -0.2) is 0 Å². The van der Waals surface area contributed by atoms with Crippen molar-refractivity contribution < 1.29 is 9.90 Å². The van der Waals surface area contributed by atoms with E-state index in [1.807, 2.05) is 67.6 Å². The minimum Gasteiger partial charge on any atom is -0.508 e. The van der Waals surface area contributed by atoms with Gasteiger partial charge in [0, 0.05) is 5.56 Å². The van der Waals surface area contributed by atoms with E-state index in [0.717, 1.165) is 22.5 Å². The van der Waals surface area contributed by atoms with Crippen LogP contribution in [0, 0.1) is 6.92 Å². The fourth-order valence-electron chi connectivity index (χ4n) is 3.11. The SMILES string of the molecule is Cc1ccc(C(=O)N2c3ccccc3NC2c2ccc(O)cc2)cc1. The van der Waals surface area contributed by atoms with Crippen molar-refractivity contribution in [3.8, 4) is 5.75 Å². The number of nitrogens with zero attached hydrogens (tertiary/aromatic N) is 1. The van der Waals surface area contributed by atoms with E-state index in [2.05, 4.69) is 5.32 Å². The molecule has 2 N–H and O–H groups in total. The van der Waals surface area contributed by atoms with E-state index < -0.39 is 0 Å². The number of fused-ring (bicyclic) bond motifs is 1. The molecule has 0 aliphatic carbocycles. The maximum Gasteiger partial charge on any atom is 0.260 e. The van der Waals surface area contributed by atoms with Crippen LogP contribution in [-0.2, 0) is 0 Å². The monoisotopic (exact) mass is 330 g/mol. The van der Waals surface area contributed by atoms with Crippen molar-refractivity contribution in [2.24, 2.45) is 0 Å². The lowest BCUT2D eigenvalue weighted by molar-refractivity contribution is 0.0981. The minimum absolute atomic E-state index is 0.0597. The molecule has 0 radical (unpaired) electrons. The molecule has 1 heterocycles. The molecule has 0 saturated heterocycles. The second kappa shape index (κ2) is 5.98. The van der Waals surface area contributed by atoms with Crippen LogP contribution in [0.2, 0.25) is 0 Å². The number of para-hydroxylation sites is 2. The zero-order valence-corrected chi connectivity index (χ0v) is 13.8. The van der Waals surface area contributed by atoms with Crippen molar-refractivity contribution >= 4 is 17.3 Å². The largest absolute Gasteiger partial charge is 0.508 e. The van der Waals surface area contributed by atoms with Crippen molar-refractivity contribution in [1.82, 2.24) is 0 Å². The molecule has 0 spiro atoms. The van der Waals surface area contributed by atoms with Crippen molar-refractivity contribution in [1.29, 1.82) is 0 Å². The Balaban J connectivity index is 1.78. The van der Waals surface area contributed by atoms with Gasteiger partial charge in [0.1, 0.15) is 11.9 Å². The smallest absolute Gasteiger partial charge is 0.260 e. The van der Waals surface area contributed by atoms with E-state index in [4.69, 9.17) is 0 Å². The van der Waals surface area contributed by atoms with Crippen molar-refractivity contribution in [2.75, 3.05) is 10.2 Å². The first-order valence-corrected chi connectivity index (χ1v) is 8.18. The molecule has 1 aliphatic heterocycles. The van der Waals surface area contributed by atoms with E-state index in [9.17, 15) is 9.90 Å². The molecule has 4 nitrogen and oxygen atoms in total. The third-order valence-electron chi connectivity index (χ3n) is 4.44. The summed E-state index contributed by atoms with van der Waals surface area (Å²) < 4.78 is 0. The average Bonchev–Trinajstić information content (AvgIpc) is 3.02. The van der Waals surface area contributed by atoms with Crippen molar-refractivity contribution in [2.45, 2.75) is 13.1 Å². The van der Waals surface area contributed by atoms with E-state index in [-0.39, 0.29) is 17.8 Å². The molecular formula is C21H18N2O2. The minimum atomic E-state index is -0.313. The first kappa shape index (κ1) is 15.3. The Bertz CT molecular complexity index is 917. The molecule has 1 amide bonds. The Kier molecular flexibility index (Phi) is 3.65. The summed E-state index contributed by atoms with van der Waals surface area (Å²) in [6.07, 6.45) is -0.313. The van der Waals surface area contributed by atoms with Crippen LogP contribution in [0.1, 0.15) is 27.7 Å². The number of rotatable bonds is 2. The second-order valence-corrected chi connectivity index (χ2v) is 6.20. The van der Waals surface area contributed by atoms with Crippen LogP contribution in [0.15, 0.2) is 72.8 Å². The lowest BCUT2D eigenvalue weighted by atomic mass is 10.1. The molecule has 1 unspecified atom stereocenters. The number of phenolic OH excluding ortho intramolecular Hbond substituents is 1. The zero-order chi connectivity index (χ0) is 17.4. The third kappa shape index (κ3) is 2.72. The van der Waals surface area contributed by atoms with Crippen LogP contribution < -0.4 is 10.2 Å². The maximum atomic E-state index is 13.2. The van der Waals surface area contributed by atoms with Gasteiger partial charge < -0.3 is 10.4 Å². The Morgan fingerprint density at radius 3 is 2.36 bits per heavy atom. The standard InChI is InChI=1S/C21H18N2O2/c1-14-6-8-16(9-7-14)21(25)23-19-5-3-2-4-18(19)22-20(23)15-10-12-17(24)13-11-15/h2-13,20,22,24H,1H3. The van der Waals surface area contributed by atoms with Crippen LogP contribution in [0.3, 0.4) is 0 Å². The van der Waals surface area contributed by atoms with Gasteiger partial charge in [-0.3, -0.25) is 9.69 Å². The van der Waals surface area contributed by atoms with Gasteiger partial charge in [0.25, 0.3) is 5.91 Å². The molecule has 25 heavy (non-hydrogen) atoms. The highest BCUT2D eigenvalue weighted by Crippen LogP contribution is 2.42. The molecule has 0 aromatic heterocycles.